The topological polar surface area (TPSA) is 57.1 Å². The van der Waals surface area contributed by atoms with E-state index in [4.69, 9.17) is 14.2 Å². The van der Waals surface area contributed by atoms with Crippen LogP contribution in [0.2, 0.25) is 0 Å². The molecule has 0 atom stereocenters. The Morgan fingerprint density at radius 2 is 1.83 bits per heavy atom. The number of carbonyl (C=O) groups is 1. The summed E-state index contributed by atoms with van der Waals surface area (Å²) in [4.78, 5) is 16.4. The number of cyclic esters (lactones) is 1. The van der Waals surface area contributed by atoms with Crippen molar-refractivity contribution in [1.82, 2.24) is 0 Å². The molecule has 0 saturated heterocycles. The molecule has 0 amide bonds. The highest BCUT2D eigenvalue weighted by Gasteiger charge is 2.25. The van der Waals surface area contributed by atoms with E-state index >= 15 is 0 Å². The van der Waals surface area contributed by atoms with Crippen LogP contribution in [0.4, 0.5) is 0 Å². The molecule has 0 aliphatic carbocycles. The Labute approximate surface area is 140 Å². The number of esters is 1. The van der Waals surface area contributed by atoms with E-state index in [0.29, 0.717) is 17.1 Å². The Morgan fingerprint density at radius 1 is 1.04 bits per heavy atom. The summed E-state index contributed by atoms with van der Waals surface area (Å²) < 4.78 is 15.7. The van der Waals surface area contributed by atoms with E-state index in [1.807, 2.05) is 31.2 Å². The number of benzene rings is 2. The molecule has 2 aromatic rings. The number of nitrogens with zero attached hydrogens (tertiary/aromatic N) is 1. The third-order valence-corrected chi connectivity index (χ3v) is 3.60. The second-order valence-electron chi connectivity index (χ2n) is 5.32. The van der Waals surface area contributed by atoms with Crippen LogP contribution in [-0.2, 0) is 9.53 Å². The van der Waals surface area contributed by atoms with Gasteiger partial charge in [-0.15, -0.1) is 0 Å². The van der Waals surface area contributed by atoms with Crippen molar-refractivity contribution in [2.24, 2.45) is 4.99 Å². The molecule has 0 N–H and O–H groups in total. The van der Waals surface area contributed by atoms with Gasteiger partial charge in [0, 0.05) is 5.56 Å². The lowest BCUT2D eigenvalue weighted by atomic mass is 10.1. The third kappa shape index (κ3) is 3.15. The molecule has 1 aliphatic heterocycles. The summed E-state index contributed by atoms with van der Waals surface area (Å²) in [5, 5.41) is 0. The van der Waals surface area contributed by atoms with Crippen molar-refractivity contribution in [1.29, 1.82) is 0 Å². The number of carbonyl (C=O) groups excluding carboxylic acids is 1. The van der Waals surface area contributed by atoms with Gasteiger partial charge in [0.15, 0.2) is 17.2 Å². The van der Waals surface area contributed by atoms with Gasteiger partial charge < -0.3 is 14.2 Å². The quantitative estimate of drug-likeness (QED) is 0.639. The first-order chi connectivity index (χ1) is 11.6. The number of hydrogen-bond donors (Lipinski definition) is 0. The highest BCUT2D eigenvalue weighted by atomic mass is 16.6. The number of aliphatic imine (C=N–C) groups is 1. The minimum absolute atomic E-state index is 0.250. The minimum Gasteiger partial charge on any atom is -0.493 e. The van der Waals surface area contributed by atoms with E-state index in [1.54, 1.807) is 38.5 Å². The summed E-state index contributed by atoms with van der Waals surface area (Å²) in [7, 11) is 3.11. The highest BCUT2D eigenvalue weighted by Crippen LogP contribution is 2.29. The summed E-state index contributed by atoms with van der Waals surface area (Å²) in [6.45, 7) is 1.99. The summed E-state index contributed by atoms with van der Waals surface area (Å²) in [5.74, 6) is 0.924. The Morgan fingerprint density at radius 3 is 2.54 bits per heavy atom. The van der Waals surface area contributed by atoms with Gasteiger partial charge in [0.05, 0.1) is 14.2 Å². The largest absolute Gasteiger partial charge is 0.493 e. The predicted octanol–water partition coefficient (Wildman–Crippen LogP) is 3.36. The molecular weight excluding hydrogens is 306 g/mol. The maximum Gasteiger partial charge on any atom is 0.363 e. The second-order valence-corrected chi connectivity index (χ2v) is 5.32. The van der Waals surface area contributed by atoms with Crippen LogP contribution in [0.15, 0.2) is 53.2 Å². The second kappa shape index (κ2) is 6.58. The van der Waals surface area contributed by atoms with Crippen molar-refractivity contribution in [2.75, 3.05) is 14.2 Å². The number of aryl methyl sites for hydroxylation is 1. The molecule has 0 spiro atoms. The maximum atomic E-state index is 12.1. The van der Waals surface area contributed by atoms with Crippen LogP contribution in [-0.4, -0.2) is 26.1 Å². The zero-order valence-electron chi connectivity index (χ0n) is 13.7. The summed E-state index contributed by atoms with van der Waals surface area (Å²) >= 11 is 0. The van der Waals surface area contributed by atoms with Crippen molar-refractivity contribution >= 4 is 17.9 Å². The van der Waals surface area contributed by atoms with Crippen molar-refractivity contribution in [2.45, 2.75) is 6.92 Å². The number of methoxy groups -OCH3 is 2. The van der Waals surface area contributed by atoms with E-state index < -0.39 is 5.97 Å². The van der Waals surface area contributed by atoms with Crippen molar-refractivity contribution < 1.29 is 19.0 Å². The lowest BCUT2D eigenvalue weighted by molar-refractivity contribution is -0.129. The normalized spacial score (nSPS) is 15.2. The molecule has 0 bridgehead atoms. The van der Waals surface area contributed by atoms with Crippen molar-refractivity contribution in [3.8, 4) is 11.5 Å². The van der Waals surface area contributed by atoms with Gasteiger partial charge in [0.2, 0.25) is 5.90 Å². The van der Waals surface area contributed by atoms with Gasteiger partial charge in [-0.1, -0.05) is 29.8 Å². The van der Waals surface area contributed by atoms with Gasteiger partial charge in [-0.25, -0.2) is 9.79 Å². The fourth-order valence-corrected chi connectivity index (χ4v) is 2.42. The first kappa shape index (κ1) is 15.8. The molecule has 1 heterocycles. The van der Waals surface area contributed by atoms with Gasteiger partial charge in [0.1, 0.15) is 0 Å². The van der Waals surface area contributed by atoms with Crippen LogP contribution >= 0.6 is 0 Å². The van der Waals surface area contributed by atoms with Gasteiger partial charge in [-0.2, -0.15) is 0 Å². The number of ether oxygens (including phenoxy) is 3. The van der Waals surface area contributed by atoms with Crippen LogP contribution in [0.1, 0.15) is 16.7 Å². The Hall–Kier alpha value is -3.08. The molecule has 0 radical (unpaired) electrons. The zero-order valence-corrected chi connectivity index (χ0v) is 13.7. The monoisotopic (exact) mass is 323 g/mol. The number of hydrogen-bond acceptors (Lipinski definition) is 5. The Balaban J connectivity index is 1.94. The summed E-state index contributed by atoms with van der Waals surface area (Å²) in [6.07, 6.45) is 1.71. The van der Waals surface area contributed by atoms with Gasteiger partial charge in [0.25, 0.3) is 0 Å². The van der Waals surface area contributed by atoms with Crippen LogP contribution in [0.3, 0.4) is 0 Å². The molecule has 122 valence electrons. The SMILES string of the molecule is COc1ccc(C2=N/C(=C\c3cccc(C)c3)C(=O)O2)cc1OC. The minimum atomic E-state index is -0.471. The van der Waals surface area contributed by atoms with E-state index in [9.17, 15) is 4.79 Å². The molecule has 5 nitrogen and oxygen atoms in total. The lowest BCUT2D eigenvalue weighted by Gasteiger charge is -2.08. The average molecular weight is 323 g/mol. The Kier molecular flexibility index (Phi) is 4.33. The molecule has 5 heteroatoms. The van der Waals surface area contributed by atoms with E-state index in [1.165, 1.54) is 0 Å². The lowest BCUT2D eigenvalue weighted by Crippen LogP contribution is -2.05. The summed E-state index contributed by atoms with van der Waals surface area (Å²) in [6, 6.07) is 13.0. The molecule has 2 aromatic carbocycles. The van der Waals surface area contributed by atoms with Crippen LogP contribution < -0.4 is 9.47 Å². The third-order valence-electron chi connectivity index (χ3n) is 3.60. The van der Waals surface area contributed by atoms with Crippen molar-refractivity contribution in [3.05, 3.63) is 64.9 Å². The molecule has 24 heavy (non-hydrogen) atoms. The average Bonchev–Trinajstić information content (AvgIpc) is 2.95. The van der Waals surface area contributed by atoms with E-state index in [-0.39, 0.29) is 11.6 Å². The highest BCUT2D eigenvalue weighted by molar-refractivity contribution is 6.13. The molecule has 0 aromatic heterocycles. The fraction of sp³-hybridized carbons (Fsp3) is 0.158. The molecule has 0 fully saturated rings. The van der Waals surface area contributed by atoms with Crippen LogP contribution in [0, 0.1) is 6.92 Å². The maximum absolute atomic E-state index is 12.1. The van der Waals surface area contributed by atoms with Gasteiger partial charge in [-0.05, 0) is 36.8 Å². The van der Waals surface area contributed by atoms with Crippen LogP contribution in [0.5, 0.6) is 11.5 Å². The molecule has 0 saturated carbocycles. The van der Waals surface area contributed by atoms with E-state index in [2.05, 4.69) is 4.99 Å². The Bertz CT molecular complexity index is 852. The van der Waals surface area contributed by atoms with Crippen molar-refractivity contribution in [3.63, 3.8) is 0 Å². The van der Waals surface area contributed by atoms with Gasteiger partial charge >= 0.3 is 5.97 Å². The van der Waals surface area contributed by atoms with E-state index in [0.717, 1.165) is 11.1 Å². The first-order valence-electron chi connectivity index (χ1n) is 7.42. The smallest absolute Gasteiger partial charge is 0.363 e. The molecule has 3 rings (SSSR count). The number of rotatable bonds is 4. The first-order valence-corrected chi connectivity index (χ1v) is 7.42. The standard InChI is InChI=1S/C19H17NO4/c1-12-5-4-6-13(9-12)10-15-19(21)24-18(20-15)14-7-8-16(22-2)17(11-14)23-3/h4-11H,1-3H3/b15-10-. The molecule has 0 unspecified atom stereocenters. The van der Waals surface area contributed by atoms with Crippen LogP contribution in [0.25, 0.3) is 6.08 Å². The predicted molar refractivity (Wildman–Crippen MR) is 91.3 cm³/mol. The summed E-state index contributed by atoms with van der Waals surface area (Å²) in [5.41, 5.74) is 2.93. The molecular formula is C19H17NO4. The molecule has 1 aliphatic rings. The zero-order chi connectivity index (χ0) is 17.1. The fourth-order valence-electron chi connectivity index (χ4n) is 2.42. The van der Waals surface area contributed by atoms with Gasteiger partial charge in [-0.3, -0.25) is 0 Å².